The standard InChI is InChI=1S/C18H20ClF3N6O/c19-14-10-13(18(20,21)22)11-27-15(14)28-8-2-12(3-9-28)16(29)23-6-7-26-17-24-4-1-5-25-17/h1,4-5,10-12H,2-3,6-9H2,(H,23,29)(H,24,25,26). The molecule has 2 aromatic heterocycles. The number of nitrogens with one attached hydrogen (secondary N) is 2. The Kier molecular flexibility index (Phi) is 6.73. The average molecular weight is 429 g/mol. The van der Waals surface area contributed by atoms with Gasteiger partial charge in [-0.3, -0.25) is 4.79 Å². The molecule has 156 valence electrons. The normalized spacial score (nSPS) is 15.2. The first kappa shape index (κ1) is 21.1. The van der Waals surface area contributed by atoms with Crippen LogP contribution in [0.3, 0.4) is 0 Å². The van der Waals surface area contributed by atoms with Crippen LogP contribution in [-0.4, -0.2) is 47.0 Å². The fourth-order valence-corrected chi connectivity index (χ4v) is 3.35. The highest BCUT2D eigenvalue weighted by atomic mass is 35.5. The Labute approximate surface area is 170 Å². The minimum Gasteiger partial charge on any atom is -0.355 e. The van der Waals surface area contributed by atoms with Gasteiger partial charge in [-0.1, -0.05) is 11.6 Å². The molecule has 1 aliphatic rings. The quantitative estimate of drug-likeness (QED) is 0.688. The second-order valence-electron chi connectivity index (χ2n) is 6.58. The number of hydrogen-bond donors (Lipinski definition) is 2. The highest BCUT2D eigenvalue weighted by molar-refractivity contribution is 6.33. The van der Waals surface area contributed by atoms with Gasteiger partial charge in [0, 0.05) is 50.7 Å². The zero-order valence-electron chi connectivity index (χ0n) is 15.4. The molecule has 0 saturated carbocycles. The molecule has 0 unspecified atom stereocenters. The van der Waals surface area contributed by atoms with Crippen LogP contribution in [0.1, 0.15) is 18.4 Å². The molecule has 29 heavy (non-hydrogen) atoms. The molecule has 0 radical (unpaired) electrons. The van der Waals surface area contributed by atoms with Crippen LogP contribution in [-0.2, 0) is 11.0 Å². The summed E-state index contributed by atoms with van der Waals surface area (Å²) in [4.78, 5) is 26.1. The minimum atomic E-state index is -4.48. The van der Waals surface area contributed by atoms with Crippen molar-refractivity contribution in [2.24, 2.45) is 5.92 Å². The van der Waals surface area contributed by atoms with E-state index in [0.29, 0.717) is 50.8 Å². The van der Waals surface area contributed by atoms with Crippen LogP contribution in [0.5, 0.6) is 0 Å². The molecule has 2 N–H and O–H groups in total. The number of carbonyl (C=O) groups is 1. The van der Waals surface area contributed by atoms with Gasteiger partial charge in [-0.2, -0.15) is 13.2 Å². The van der Waals surface area contributed by atoms with E-state index in [4.69, 9.17) is 11.6 Å². The van der Waals surface area contributed by atoms with Gasteiger partial charge in [0.05, 0.1) is 10.6 Å². The lowest BCUT2D eigenvalue weighted by molar-refractivity contribution is -0.137. The first-order chi connectivity index (χ1) is 13.8. The first-order valence-electron chi connectivity index (χ1n) is 9.11. The van der Waals surface area contributed by atoms with Crippen molar-refractivity contribution < 1.29 is 18.0 Å². The molecule has 3 rings (SSSR count). The van der Waals surface area contributed by atoms with Crippen molar-refractivity contribution in [1.29, 1.82) is 0 Å². The van der Waals surface area contributed by atoms with Crippen LogP contribution in [0.15, 0.2) is 30.7 Å². The Bertz CT molecular complexity index is 828. The maximum Gasteiger partial charge on any atom is 0.417 e. The van der Waals surface area contributed by atoms with E-state index in [2.05, 4.69) is 25.6 Å². The summed E-state index contributed by atoms with van der Waals surface area (Å²) in [6.45, 7) is 1.92. The topological polar surface area (TPSA) is 83.0 Å². The maximum atomic E-state index is 12.7. The smallest absolute Gasteiger partial charge is 0.355 e. The van der Waals surface area contributed by atoms with Gasteiger partial charge < -0.3 is 15.5 Å². The van der Waals surface area contributed by atoms with Crippen molar-refractivity contribution in [2.75, 3.05) is 36.4 Å². The van der Waals surface area contributed by atoms with Gasteiger partial charge in [0.25, 0.3) is 0 Å². The van der Waals surface area contributed by atoms with E-state index in [1.54, 1.807) is 23.4 Å². The molecular weight excluding hydrogens is 409 g/mol. The van der Waals surface area contributed by atoms with E-state index >= 15 is 0 Å². The van der Waals surface area contributed by atoms with Crippen molar-refractivity contribution in [3.63, 3.8) is 0 Å². The minimum absolute atomic E-state index is 0.0445. The third-order valence-corrected chi connectivity index (χ3v) is 4.87. The number of aromatic nitrogens is 3. The highest BCUT2D eigenvalue weighted by Gasteiger charge is 2.33. The number of alkyl halides is 3. The number of carbonyl (C=O) groups excluding carboxylic acids is 1. The Morgan fingerprint density at radius 2 is 1.86 bits per heavy atom. The summed E-state index contributed by atoms with van der Waals surface area (Å²) in [6, 6.07) is 2.60. The van der Waals surface area contributed by atoms with E-state index in [1.807, 2.05) is 0 Å². The summed E-state index contributed by atoms with van der Waals surface area (Å²) in [7, 11) is 0. The molecule has 1 amide bonds. The Morgan fingerprint density at radius 1 is 1.17 bits per heavy atom. The van der Waals surface area contributed by atoms with Crippen LogP contribution in [0.2, 0.25) is 5.02 Å². The van der Waals surface area contributed by atoms with Crippen molar-refractivity contribution in [2.45, 2.75) is 19.0 Å². The molecule has 0 bridgehead atoms. The Balaban J connectivity index is 1.44. The zero-order valence-corrected chi connectivity index (χ0v) is 16.2. The monoisotopic (exact) mass is 428 g/mol. The molecule has 0 aromatic carbocycles. The van der Waals surface area contributed by atoms with E-state index in [0.717, 1.165) is 12.3 Å². The summed E-state index contributed by atoms with van der Waals surface area (Å²) in [5.74, 6) is 0.598. The van der Waals surface area contributed by atoms with Gasteiger partial charge in [0.15, 0.2) is 0 Å². The van der Waals surface area contributed by atoms with Crippen LogP contribution in [0.4, 0.5) is 24.9 Å². The number of nitrogens with zero attached hydrogens (tertiary/aromatic N) is 4. The number of halogens is 4. The Morgan fingerprint density at radius 3 is 2.48 bits per heavy atom. The predicted octanol–water partition coefficient (Wildman–Crippen LogP) is 2.99. The number of amides is 1. The summed E-state index contributed by atoms with van der Waals surface area (Å²) < 4.78 is 38.2. The van der Waals surface area contributed by atoms with Crippen LogP contribution < -0.4 is 15.5 Å². The summed E-state index contributed by atoms with van der Waals surface area (Å²) >= 11 is 6.00. The molecule has 0 spiro atoms. The number of pyridine rings is 1. The first-order valence-corrected chi connectivity index (χ1v) is 9.48. The van der Waals surface area contributed by atoms with Crippen molar-refractivity contribution in [3.8, 4) is 0 Å². The summed E-state index contributed by atoms with van der Waals surface area (Å²) in [6.07, 6.45) is 0.685. The second-order valence-corrected chi connectivity index (χ2v) is 6.99. The van der Waals surface area contributed by atoms with Gasteiger partial charge in [-0.15, -0.1) is 0 Å². The van der Waals surface area contributed by atoms with E-state index in [1.165, 1.54) is 0 Å². The summed E-state index contributed by atoms with van der Waals surface area (Å²) in [5, 5.41) is 5.83. The SMILES string of the molecule is O=C(NCCNc1ncccn1)C1CCN(c2ncc(C(F)(F)F)cc2Cl)CC1. The largest absolute Gasteiger partial charge is 0.417 e. The van der Waals surface area contributed by atoms with Crippen LogP contribution >= 0.6 is 11.6 Å². The summed E-state index contributed by atoms with van der Waals surface area (Å²) in [5.41, 5.74) is -0.880. The number of hydrogen-bond acceptors (Lipinski definition) is 6. The third kappa shape index (κ3) is 5.69. The molecule has 1 aliphatic heterocycles. The van der Waals surface area contributed by atoms with Gasteiger partial charge in [-0.05, 0) is 25.0 Å². The molecule has 3 heterocycles. The molecular formula is C18H20ClF3N6O. The molecule has 11 heteroatoms. The number of rotatable bonds is 6. The van der Waals surface area contributed by atoms with E-state index < -0.39 is 11.7 Å². The van der Waals surface area contributed by atoms with Crippen molar-refractivity contribution in [3.05, 3.63) is 41.3 Å². The van der Waals surface area contributed by atoms with Gasteiger partial charge in [0.2, 0.25) is 11.9 Å². The van der Waals surface area contributed by atoms with Crippen molar-refractivity contribution in [1.82, 2.24) is 20.3 Å². The van der Waals surface area contributed by atoms with Gasteiger partial charge >= 0.3 is 6.18 Å². The molecule has 7 nitrogen and oxygen atoms in total. The van der Waals surface area contributed by atoms with E-state index in [9.17, 15) is 18.0 Å². The van der Waals surface area contributed by atoms with Gasteiger partial charge in [-0.25, -0.2) is 15.0 Å². The third-order valence-electron chi connectivity index (χ3n) is 4.59. The highest BCUT2D eigenvalue weighted by Crippen LogP contribution is 2.34. The molecule has 0 aliphatic carbocycles. The van der Waals surface area contributed by atoms with Crippen molar-refractivity contribution >= 4 is 29.3 Å². The maximum absolute atomic E-state index is 12.7. The average Bonchev–Trinajstić information content (AvgIpc) is 2.71. The molecule has 0 atom stereocenters. The lowest BCUT2D eigenvalue weighted by Gasteiger charge is -2.32. The predicted molar refractivity (Wildman–Crippen MR) is 103 cm³/mol. The zero-order chi connectivity index (χ0) is 20.9. The number of piperidine rings is 1. The Hall–Kier alpha value is -2.62. The fraction of sp³-hybridized carbons (Fsp3) is 0.444. The lowest BCUT2D eigenvalue weighted by atomic mass is 9.96. The number of anilines is 2. The van der Waals surface area contributed by atoms with Gasteiger partial charge in [0.1, 0.15) is 5.82 Å². The molecule has 1 fully saturated rings. The molecule has 2 aromatic rings. The second kappa shape index (κ2) is 9.25. The van der Waals surface area contributed by atoms with E-state index in [-0.39, 0.29) is 16.8 Å². The van der Waals surface area contributed by atoms with Crippen LogP contribution in [0, 0.1) is 5.92 Å². The molecule has 1 saturated heterocycles. The fourth-order valence-electron chi connectivity index (χ4n) is 3.07. The lowest BCUT2D eigenvalue weighted by Crippen LogP contribution is -2.42. The van der Waals surface area contributed by atoms with Crippen LogP contribution in [0.25, 0.3) is 0 Å².